The standard InChI is InChI=1S/C21H19ClN2O2S/c22-17-7-5-15(6-8-17)14-23-10-2-11-25-18-4-1-3-16(13-18)20-21-19(26-24-20)9-12-27-21/h1,3-9,12-13,23H,2,10-11,14H2. The largest absolute Gasteiger partial charge is 0.494 e. The first-order valence-electron chi connectivity index (χ1n) is 8.81. The second-order valence-corrected chi connectivity index (χ2v) is 7.53. The molecule has 27 heavy (non-hydrogen) atoms. The van der Waals surface area contributed by atoms with Crippen molar-refractivity contribution in [3.63, 3.8) is 0 Å². The Morgan fingerprint density at radius 1 is 1.11 bits per heavy atom. The van der Waals surface area contributed by atoms with Crippen LogP contribution >= 0.6 is 22.9 Å². The van der Waals surface area contributed by atoms with Gasteiger partial charge in [0.15, 0.2) is 5.58 Å². The van der Waals surface area contributed by atoms with Gasteiger partial charge in [0.25, 0.3) is 0 Å². The van der Waals surface area contributed by atoms with E-state index < -0.39 is 0 Å². The summed E-state index contributed by atoms with van der Waals surface area (Å²) in [6, 6.07) is 17.8. The van der Waals surface area contributed by atoms with Gasteiger partial charge in [0.05, 0.1) is 6.61 Å². The first kappa shape index (κ1) is 18.0. The quantitative estimate of drug-likeness (QED) is 0.383. The van der Waals surface area contributed by atoms with Crippen molar-refractivity contribution >= 4 is 33.2 Å². The summed E-state index contributed by atoms with van der Waals surface area (Å²) in [5.74, 6) is 0.845. The van der Waals surface area contributed by atoms with Gasteiger partial charge >= 0.3 is 0 Å². The molecule has 0 spiro atoms. The molecule has 4 aromatic rings. The zero-order valence-corrected chi connectivity index (χ0v) is 16.2. The van der Waals surface area contributed by atoms with Gasteiger partial charge in [-0.3, -0.25) is 0 Å². The number of hydrogen-bond acceptors (Lipinski definition) is 5. The van der Waals surface area contributed by atoms with Gasteiger partial charge in [-0.1, -0.05) is 41.0 Å². The molecule has 0 bridgehead atoms. The highest BCUT2D eigenvalue weighted by Gasteiger charge is 2.12. The van der Waals surface area contributed by atoms with Crippen molar-refractivity contribution in [1.82, 2.24) is 10.5 Å². The van der Waals surface area contributed by atoms with Gasteiger partial charge < -0.3 is 14.6 Å². The molecule has 2 aromatic heterocycles. The van der Waals surface area contributed by atoms with E-state index in [0.717, 1.165) is 51.8 Å². The van der Waals surface area contributed by atoms with Gasteiger partial charge in [-0.15, -0.1) is 11.3 Å². The predicted octanol–water partition coefficient (Wildman–Crippen LogP) is 5.77. The van der Waals surface area contributed by atoms with Crippen molar-refractivity contribution in [2.45, 2.75) is 13.0 Å². The molecule has 0 radical (unpaired) electrons. The lowest BCUT2D eigenvalue weighted by Gasteiger charge is -2.08. The minimum atomic E-state index is 0.657. The molecule has 6 heteroatoms. The lowest BCUT2D eigenvalue weighted by Crippen LogP contribution is -2.16. The zero-order chi connectivity index (χ0) is 18.5. The SMILES string of the molecule is Clc1ccc(CNCCCOc2cccc(-c3noc4ccsc34)c2)cc1. The highest BCUT2D eigenvalue weighted by molar-refractivity contribution is 7.17. The molecular formula is C21H19ClN2O2S. The van der Waals surface area contributed by atoms with E-state index in [9.17, 15) is 0 Å². The Kier molecular flexibility index (Phi) is 5.72. The van der Waals surface area contributed by atoms with Crippen LogP contribution in [0.15, 0.2) is 64.5 Å². The first-order valence-corrected chi connectivity index (χ1v) is 10.1. The van der Waals surface area contributed by atoms with Gasteiger partial charge in [-0.25, -0.2) is 0 Å². The number of hydrogen-bond donors (Lipinski definition) is 1. The van der Waals surface area contributed by atoms with E-state index in [1.807, 2.05) is 60.0 Å². The van der Waals surface area contributed by atoms with Gasteiger partial charge in [0.1, 0.15) is 16.1 Å². The maximum Gasteiger partial charge on any atom is 0.178 e. The highest BCUT2D eigenvalue weighted by Crippen LogP contribution is 2.33. The summed E-state index contributed by atoms with van der Waals surface area (Å²) in [7, 11) is 0. The molecule has 0 aliphatic rings. The number of nitrogens with zero attached hydrogens (tertiary/aromatic N) is 1. The van der Waals surface area contributed by atoms with Crippen LogP contribution in [0.4, 0.5) is 0 Å². The summed E-state index contributed by atoms with van der Waals surface area (Å²) < 4.78 is 12.3. The maximum atomic E-state index is 5.89. The topological polar surface area (TPSA) is 47.3 Å². The number of aromatic nitrogens is 1. The lowest BCUT2D eigenvalue weighted by atomic mass is 10.1. The number of rotatable bonds is 8. The summed E-state index contributed by atoms with van der Waals surface area (Å²) >= 11 is 7.53. The average Bonchev–Trinajstić information content (AvgIpc) is 3.30. The molecule has 2 heterocycles. The van der Waals surface area contributed by atoms with E-state index in [2.05, 4.69) is 10.5 Å². The highest BCUT2D eigenvalue weighted by atomic mass is 35.5. The van der Waals surface area contributed by atoms with Crippen LogP contribution in [0.2, 0.25) is 5.02 Å². The van der Waals surface area contributed by atoms with Crippen LogP contribution in [0.5, 0.6) is 5.75 Å². The third-order valence-electron chi connectivity index (χ3n) is 4.20. The Labute approximate surface area is 166 Å². The van der Waals surface area contributed by atoms with Crippen LogP contribution in [0.25, 0.3) is 21.5 Å². The van der Waals surface area contributed by atoms with E-state index in [0.29, 0.717) is 6.61 Å². The van der Waals surface area contributed by atoms with Crippen LogP contribution in [0.3, 0.4) is 0 Å². The molecule has 2 aromatic carbocycles. The van der Waals surface area contributed by atoms with Crippen LogP contribution in [0, 0.1) is 0 Å². The van der Waals surface area contributed by atoms with Crippen LogP contribution in [-0.2, 0) is 6.54 Å². The van der Waals surface area contributed by atoms with Crippen molar-refractivity contribution in [1.29, 1.82) is 0 Å². The molecule has 0 amide bonds. The van der Waals surface area contributed by atoms with Crippen LogP contribution in [0.1, 0.15) is 12.0 Å². The number of fused-ring (bicyclic) bond motifs is 1. The molecule has 4 nitrogen and oxygen atoms in total. The Morgan fingerprint density at radius 2 is 2.00 bits per heavy atom. The third kappa shape index (κ3) is 4.50. The van der Waals surface area contributed by atoms with Crippen molar-refractivity contribution in [2.24, 2.45) is 0 Å². The summed E-state index contributed by atoms with van der Waals surface area (Å²) in [5, 5.41) is 10.4. The first-order chi connectivity index (χ1) is 13.3. The summed E-state index contributed by atoms with van der Waals surface area (Å²) in [4.78, 5) is 0. The monoisotopic (exact) mass is 398 g/mol. The second kappa shape index (κ2) is 8.57. The Morgan fingerprint density at radius 3 is 2.89 bits per heavy atom. The number of nitrogens with one attached hydrogen (secondary N) is 1. The van der Waals surface area contributed by atoms with E-state index in [4.69, 9.17) is 20.9 Å². The van der Waals surface area contributed by atoms with Gasteiger partial charge in [-0.05, 0) is 54.2 Å². The Hall–Kier alpha value is -2.34. The fourth-order valence-electron chi connectivity index (χ4n) is 2.82. The smallest absolute Gasteiger partial charge is 0.178 e. The minimum Gasteiger partial charge on any atom is -0.494 e. The van der Waals surface area contributed by atoms with E-state index in [-0.39, 0.29) is 0 Å². The fourth-order valence-corrected chi connectivity index (χ4v) is 3.76. The molecule has 0 saturated carbocycles. The molecule has 0 aliphatic carbocycles. The number of benzene rings is 2. The number of thiophene rings is 1. The fraction of sp³-hybridized carbons (Fsp3) is 0.190. The second-order valence-electron chi connectivity index (χ2n) is 6.18. The number of ether oxygens (including phenoxy) is 1. The molecule has 0 unspecified atom stereocenters. The number of halogens is 1. The third-order valence-corrected chi connectivity index (χ3v) is 5.35. The minimum absolute atomic E-state index is 0.657. The zero-order valence-electron chi connectivity index (χ0n) is 14.7. The molecule has 138 valence electrons. The van der Waals surface area contributed by atoms with Crippen molar-refractivity contribution in [3.8, 4) is 17.0 Å². The summed E-state index contributed by atoms with van der Waals surface area (Å²) in [6.07, 6.45) is 0.928. The molecule has 0 saturated heterocycles. The van der Waals surface area contributed by atoms with E-state index in [1.165, 1.54) is 5.56 Å². The van der Waals surface area contributed by atoms with Gasteiger partial charge in [0.2, 0.25) is 0 Å². The average molecular weight is 399 g/mol. The Balaban J connectivity index is 1.25. The maximum absolute atomic E-state index is 5.89. The predicted molar refractivity (Wildman–Crippen MR) is 111 cm³/mol. The molecule has 0 atom stereocenters. The van der Waals surface area contributed by atoms with Crippen molar-refractivity contribution < 1.29 is 9.26 Å². The molecular weight excluding hydrogens is 380 g/mol. The van der Waals surface area contributed by atoms with Crippen LogP contribution < -0.4 is 10.1 Å². The lowest BCUT2D eigenvalue weighted by molar-refractivity contribution is 0.308. The molecule has 4 rings (SSSR count). The molecule has 0 aliphatic heterocycles. The summed E-state index contributed by atoms with van der Waals surface area (Å²) in [5.41, 5.74) is 3.93. The van der Waals surface area contributed by atoms with E-state index in [1.54, 1.807) is 11.3 Å². The normalized spacial score (nSPS) is 11.1. The van der Waals surface area contributed by atoms with Crippen LogP contribution in [-0.4, -0.2) is 18.3 Å². The van der Waals surface area contributed by atoms with Crippen molar-refractivity contribution in [2.75, 3.05) is 13.2 Å². The van der Waals surface area contributed by atoms with Gasteiger partial charge in [0, 0.05) is 17.1 Å². The summed E-state index contributed by atoms with van der Waals surface area (Å²) in [6.45, 7) is 2.38. The van der Waals surface area contributed by atoms with Gasteiger partial charge in [-0.2, -0.15) is 0 Å². The van der Waals surface area contributed by atoms with Crippen molar-refractivity contribution in [3.05, 3.63) is 70.6 Å². The molecule has 1 N–H and O–H groups in total. The molecule has 0 fully saturated rings. The van der Waals surface area contributed by atoms with E-state index >= 15 is 0 Å². The Bertz CT molecular complexity index is 1010.